The fourth-order valence-corrected chi connectivity index (χ4v) is 1.11. The predicted molar refractivity (Wildman–Crippen MR) is 62.8 cm³/mol. The number of oxime groups is 1. The molecule has 0 amide bonds. The summed E-state index contributed by atoms with van der Waals surface area (Å²) in [5, 5.41) is 14.4. The molecule has 0 rings (SSSR count). The fourth-order valence-electron chi connectivity index (χ4n) is 1.11. The maximum absolute atomic E-state index is 8.29. The molecule has 0 aliphatic heterocycles. The van der Waals surface area contributed by atoms with Gasteiger partial charge in [-0.2, -0.15) is 0 Å². The highest BCUT2D eigenvalue weighted by Gasteiger charge is 1.93. The molecule has 0 heterocycles. The maximum atomic E-state index is 8.29. The van der Waals surface area contributed by atoms with E-state index in [0.717, 1.165) is 32.5 Å². The van der Waals surface area contributed by atoms with Gasteiger partial charge in [-0.15, -0.1) is 0 Å². The Bertz CT molecular complexity index is 177. The van der Waals surface area contributed by atoms with Crippen LogP contribution in [0.2, 0.25) is 0 Å². The molecule has 0 aromatic rings. The number of nitrogens with two attached hydrogens (primary N) is 1. The molecule has 0 saturated heterocycles. The van der Waals surface area contributed by atoms with Crippen LogP contribution in [-0.4, -0.2) is 51.1 Å². The SMILES string of the molecule is COCCOCCCNCCCC(N)=NO. The number of rotatable bonds is 11. The van der Waals surface area contributed by atoms with Crippen molar-refractivity contribution in [3.05, 3.63) is 0 Å². The average molecular weight is 233 g/mol. The summed E-state index contributed by atoms with van der Waals surface area (Å²) >= 11 is 0. The summed E-state index contributed by atoms with van der Waals surface area (Å²) in [5.41, 5.74) is 5.32. The maximum Gasteiger partial charge on any atom is 0.139 e. The van der Waals surface area contributed by atoms with Gasteiger partial charge in [0.1, 0.15) is 5.84 Å². The lowest BCUT2D eigenvalue weighted by molar-refractivity contribution is 0.0695. The molecule has 0 aromatic carbocycles. The third kappa shape index (κ3) is 11.2. The molecular weight excluding hydrogens is 210 g/mol. The molecule has 0 spiro atoms. The molecule has 0 fully saturated rings. The molecule has 0 unspecified atom stereocenters. The summed E-state index contributed by atoms with van der Waals surface area (Å²) in [6.45, 7) is 3.83. The van der Waals surface area contributed by atoms with E-state index in [4.69, 9.17) is 20.4 Å². The molecule has 0 radical (unpaired) electrons. The van der Waals surface area contributed by atoms with Gasteiger partial charge in [-0.25, -0.2) is 0 Å². The van der Waals surface area contributed by atoms with Gasteiger partial charge in [0.2, 0.25) is 0 Å². The summed E-state index contributed by atoms with van der Waals surface area (Å²) in [5.74, 6) is 0.282. The Morgan fingerprint density at radius 1 is 1.25 bits per heavy atom. The molecule has 4 N–H and O–H groups in total. The van der Waals surface area contributed by atoms with Crippen LogP contribution in [0.5, 0.6) is 0 Å². The average Bonchev–Trinajstić information content (AvgIpc) is 2.31. The van der Waals surface area contributed by atoms with E-state index in [1.54, 1.807) is 7.11 Å². The van der Waals surface area contributed by atoms with E-state index >= 15 is 0 Å². The van der Waals surface area contributed by atoms with Crippen LogP contribution in [0.3, 0.4) is 0 Å². The summed E-state index contributed by atoms with van der Waals surface area (Å²) < 4.78 is 10.1. The third-order valence-corrected chi connectivity index (χ3v) is 1.99. The summed E-state index contributed by atoms with van der Waals surface area (Å²) in [4.78, 5) is 0. The second-order valence-electron chi connectivity index (χ2n) is 3.40. The minimum absolute atomic E-state index is 0.282. The fraction of sp³-hybridized carbons (Fsp3) is 0.900. The Morgan fingerprint density at radius 2 is 2.00 bits per heavy atom. The molecule has 6 heteroatoms. The first-order valence-electron chi connectivity index (χ1n) is 5.55. The summed E-state index contributed by atoms with van der Waals surface area (Å²) in [7, 11) is 1.66. The van der Waals surface area contributed by atoms with E-state index in [-0.39, 0.29) is 5.84 Å². The van der Waals surface area contributed by atoms with Crippen molar-refractivity contribution in [3.63, 3.8) is 0 Å². The first-order chi connectivity index (χ1) is 7.81. The summed E-state index contributed by atoms with van der Waals surface area (Å²) in [6, 6.07) is 0. The second kappa shape index (κ2) is 12.2. The molecule has 0 aromatic heterocycles. The van der Waals surface area contributed by atoms with Gasteiger partial charge in [0.05, 0.1) is 13.2 Å². The van der Waals surface area contributed by atoms with E-state index in [1.165, 1.54) is 0 Å². The molecule has 6 nitrogen and oxygen atoms in total. The van der Waals surface area contributed by atoms with Crippen LogP contribution in [0.1, 0.15) is 19.3 Å². The van der Waals surface area contributed by atoms with E-state index < -0.39 is 0 Å². The van der Waals surface area contributed by atoms with Crippen LogP contribution in [0, 0.1) is 0 Å². The third-order valence-electron chi connectivity index (χ3n) is 1.99. The Hall–Kier alpha value is -0.850. The molecule has 16 heavy (non-hydrogen) atoms. The number of nitrogens with zero attached hydrogens (tertiary/aromatic N) is 1. The normalized spacial score (nSPS) is 11.9. The van der Waals surface area contributed by atoms with Gasteiger partial charge in [-0.05, 0) is 25.9 Å². The van der Waals surface area contributed by atoms with Crippen LogP contribution in [0.15, 0.2) is 5.16 Å². The zero-order valence-electron chi connectivity index (χ0n) is 9.95. The van der Waals surface area contributed by atoms with Crippen molar-refractivity contribution in [1.29, 1.82) is 0 Å². The van der Waals surface area contributed by atoms with Crippen LogP contribution in [0.25, 0.3) is 0 Å². The number of hydrogen-bond donors (Lipinski definition) is 3. The van der Waals surface area contributed by atoms with Crippen LogP contribution in [0.4, 0.5) is 0 Å². The Kier molecular flexibility index (Phi) is 11.6. The lowest BCUT2D eigenvalue weighted by atomic mass is 10.3. The van der Waals surface area contributed by atoms with Gasteiger partial charge in [-0.1, -0.05) is 5.16 Å². The summed E-state index contributed by atoms with van der Waals surface area (Å²) in [6.07, 6.45) is 2.47. The van der Waals surface area contributed by atoms with Gasteiger partial charge in [-0.3, -0.25) is 0 Å². The molecule has 0 bridgehead atoms. The quantitative estimate of drug-likeness (QED) is 0.155. The van der Waals surface area contributed by atoms with E-state index in [1.807, 2.05) is 0 Å². The lowest BCUT2D eigenvalue weighted by Gasteiger charge is -2.05. The topological polar surface area (TPSA) is 89.1 Å². The van der Waals surface area contributed by atoms with E-state index in [9.17, 15) is 0 Å². The standard InChI is InChI=1S/C10H23N3O3/c1-15-8-9-16-7-3-6-12-5-2-4-10(11)13-14/h12,14H,2-9H2,1H3,(H2,11,13). The van der Waals surface area contributed by atoms with Gasteiger partial charge in [0.15, 0.2) is 0 Å². The molecule has 0 saturated carbocycles. The van der Waals surface area contributed by atoms with Gasteiger partial charge < -0.3 is 25.7 Å². The highest BCUT2D eigenvalue weighted by atomic mass is 16.5. The zero-order valence-corrected chi connectivity index (χ0v) is 9.95. The Balaban J connectivity index is 2.99. The molecule has 0 aliphatic rings. The molecule has 96 valence electrons. The second-order valence-corrected chi connectivity index (χ2v) is 3.40. The smallest absolute Gasteiger partial charge is 0.139 e. The number of amidine groups is 1. The highest BCUT2D eigenvalue weighted by Crippen LogP contribution is 1.87. The zero-order chi connectivity index (χ0) is 12.1. The highest BCUT2D eigenvalue weighted by molar-refractivity contribution is 5.79. The monoisotopic (exact) mass is 233 g/mol. The van der Waals surface area contributed by atoms with E-state index in [2.05, 4.69) is 10.5 Å². The van der Waals surface area contributed by atoms with Crippen molar-refractivity contribution in [3.8, 4) is 0 Å². The molecule has 0 atom stereocenters. The molecule has 0 aliphatic carbocycles. The number of nitrogens with one attached hydrogen (secondary N) is 1. The minimum atomic E-state index is 0.282. The number of ether oxygens (including phenoxy) is 2. The Labute approximate surface area is 96.8 Å². The Morgan fingerprint density at radius 3 is 2.69 bits per heavy atom. The van der Waals surface area contributed by atoms with Gasteiger partial charge >= 0.3 is 0 Å². The van der Waals surface area contributed by atoms with Gasteiger partial charge in [0, 0.05) is 20.1 Å². The van der Waals surface area contributed by atoms with Crippen molar-refractivity contribution in [2.75, 3.05) is 40.0 Å². The first-order valence-corrected chi connectivity index (χ1v) is 5.55. The van der Waals surface area contributed by atoms with Crippen LogP contribution < -0.4 is 11.1 Å². The van der Waals surface area contributed by atoms with Crippen molar-refractivity contribution in [2.45, 2.75) is 19.3 Å². The minimum Gasteiger partial charge on any atom is -0.409 e. The largest absolute Gasteiger partial charge is 0.409 e. The van der Waals surface area contributed by atoms with Crippen LogP contribution >= 0.6 is 0 Å². The van der Waals surface area contributed by atoms with Crippen molar-refractivity contribution >= 4 is 5.84 Å². The first kappa shape index (κ1) is 15.2. The number of methoxy groups -OCH3 is 1. The van der Waals surface area contributed by atoms with E-state index in [0.29, 0.717) is 19.6 Å². The predicted octanol–water partition coefficient (Wildman–Crippen LogP) is 0.156. The van der Waals surface area contributed by atoms with Gasteiger partial charge in [0.25, 0.3) is 0 Å². The van der Waals surface area contributed by atoms with Crippen molar-refractivity contribution < 1.29 is 14.7 Å². The van der Waals surface area contributed by atoms with Crippen LogP contribution in [-0.2, 0) is 9.47 Å². The lowest BCUT2D eigenvalue weighted by Crippen LogP contribution is -2.20. The van der Waals surface area contributed by atoms with Crippen molar-refractivity contribution in [2.24, 2.45) is 10.9 Å². The molecular formula is C10H23N3O3. The van der Waals surface area contributed by atoms with Crippen molar-refractivity contribution in [1.82, 2.24) is 5.32 Å². The number of hydrogen-bond acceptors (Lipinski definition) is 5.